The lowest BCUT2D eigenvalue weighted by Gasteiger charge is -2.42. The normalized spacial score (nSPS) is 18.3. The van der Waals surface area contributed by atoms with Crippen LogP contribution in [0.25, 0.3) is 33.8 Å². The molecule has 6 aliphatic rings. The number of anilines is 6. The number of rotatable bonds is 18. The van der Waals surface area contributed by atoms with E-state index in [9.17, 15) is 14.4 Å². The molecule has 0 radical (unpaired) electrons. The van der Waals surface area contributed by atoms with E-state index in [1.165, 1.54) is 33.4 Å². The Morgan fingerprint density at radius 2 is 0.676 bits per heavy atom. The summed E-state index contributed by atoms with van der Waals surface area (Å²) >= 11 is 0. The number of likely N-dealkylation sites (tertiary alicyclic amines) is 3. The smallest absolute Gasteiger partial charge is 0.227 e. The number of ether oxygens (including phenoxy) is 3. The minimum Gasteiger partial charge on any atom is -0.369 e. The summed E-state index contributed by atoms with van der Waals surface area (Å²) in [5.41, 5.74) is 15.8. The fraction of sp³-hybridized carbons (Fsp3) is 0.500. The first kappa shape index (κ1) is 76.4. The second kappa shape index (κ2) is 33.4. The van der Waals surface area contributed by atoms with Gasteiger partial charge in [-0.05, 0) is 208 Å². The lowest BCUT2D eigenvalue weighted by molar-refractivity contribution is -0.158. The standard InChI is InChI=1S/3C28H36N6O2/c3*1-28(2,3)36-23-17-34(18-23)26(35)14-20-8-6-5-7-19-13-21(9-10-24(19)20)25-11-12-29-27(32-25)31-22-15-30-33(4)16-22/h3*9-13,15-16,20,23H,5-8,14,17-18H2,1-4H3,(H,29,31,32)/t2*20-;/m10./s1. The quantitative estimate of drug-likeness (QED) is 0.0675. The van der Waals surface area contributed by atoms with Crippen molar-refractivity contribution in [1.29, 1.82) is 0 Å². The molecule has 9 heterocycles. The molecule has 0 bridgehead atoms. The van der Waals surface area contributed by atoms with Crippen LogP contribution in [0.5, 0.6) is 0 Å². The van der Waals surface area contributed by atoms with E-state index < -0.39 is 0 Å². The lowest BCUT2D eigenvalue weighted by atomic mass is 9.88. The van der Waals surface area contributed by atoms with Gasteiger partial charge in [0, 0.05) is 134 Å². The molecule has 9 aromatic rings. The molecule has 3 aliphatic heterocycles. The van der Waals surface area contributed by atoms with E-state index in [1.54, 1.807) is 51.2 Å². The zero-order valence-corrected chi connectivity index (χ0v) is 65.1. The Kier molecular flexibility index (Phi) is 23.6. The summed E-state index contributed by atoms with van der Waals surface area (Å²) in [6.45, 7) is 22.8. The maximum atomic E-state index is 13.0. The van der Waals surface area contributed by atoms with Crippen LogP contribution in [0.4, 0.5) is 34.9 Å². The van der Waals surface area contributed by atoms with Crippen LogP contribution in [0.3, 0.4) is 0 Å². The molecule has 24 nitrogen and oxygen atoms in total. The molecule has 3 aliphatic carbocycles. The van der Waals surface area contributed by atoms with Crippen molar-refractivity contribution in [2.24, 2.45) is 21.1 Å². The summed E-state index contributed by atoms with van der Waals surface area (Å²) in [7, 11) is 5.63. The van der Waals surface area contributed by atoms with Gasteiger partial charge in [0.2, 0.25) is 35.6 Å². The minimum atomic E-state index is -0.170. The van der Waals surface area contributed by atoms with E-state index in [-0.39, 0.29) is 70.6 Å². The third-order valence-electron chi connectivity index (χ3n) is 20.7. The van der Waals surface area contributed by atoms with Crippen molar-refractivity contribution < 1.29 is 28.6 Å². The number of fused-ring (bicyclic) bond motifs is 3. The maximum absolute atomic E-state index is 13.0. The van der Waals surface area contributed by atoms with Gasteiger partial charge in [-0.1, -0.05) is 55.7 Å². The van der Waals surface area contributed by atoms with Crippen LogP contribution in [0, 0.1) is 0 Å². The topological polar surface area (TPSA) is 256 Å². The fourth-order valence-corrected chi connectivity index (χ4v) is 15.6. The minimum absolute atomic E-state index is 0.156. The summed E-state index contributed by atoms with van der Waals surface area (Å²) in [6, 6.07) is 25.6. The van der Waals surface area contributed by atoms with E-state index in [4.69, 9.17) is 29.2 Å². The predicted octanol–water partition coefficient (Wildman–Crippen LogP) is 14.5. The Bertz CT molecular complexity index is 4130. The van der Waals surface area contributed by atoms with Gasteiger partial charge >= 0.3 is 0 Å². The highest BCUT2D eigenvalue weighted by Crippen LogP contribution is 2.41. The van der Waals surface area contributed by atoms with Crippen LogP contribution in [0.15, 0.2) is 129 Å². The first-order chi connectivity index (χ1) is 51.7. The molecular formula is C84H108N18O6. The number of hydrogen-bond acceptors (Lipinski definition) is 18. The van der Waals surface area contributed by atoms with Gasteiger partial charge in [-0.15, -0.1) is 0 Å². The first-order valence-corrected chi connectivity index (χ1v) is 38.7. The van der Waals surface area contributed by atoms with Gasteiger partial charge in [0.15, 0.2) is 0 Å². The Hall–Kier alpha value is -9.78. The second-order valence-electron chi connectivity index (χ2n) is 33.0. The van der Waals surface area contributed by atoms with E-state index in [2.05, 4.69) is 163 Å². The number of amides is 3. The van der Waals surface area contributed by atoms with Gasteiger partial charge in [-0.3, -0.25) is 28.4 Å². The van der Waals surface area contributed by atoms with Crippen molar-refractivity contribution in [3.8, 4) is 33.8 Å². The van der Waals surface area contributed by atoms with Crippen molar-refractivity contribution in [3.63, 3.8) is 0 Å². The Labute approximate surface area is 635 Å². The van der Waals surface area contributed by atoms with E-state index in [0.717, 1.165) is 128 Å². The Balaban J connectivity index is 0.000000143. The number of nitrogens with one attached hydrogen (secondary N) is 3. The number of aromatic nitrogens is 12. The SMILES string of the molecule is Cn1cc(Nc2nccc(-c3ccc4c(c3)CCCCC4CC(=O)N3CC(OC(C)(C)C)C3)n2)cn1.Cn1cc(Nc2nccc(-c3ccc4c(c3)CCCC[C@@H]4CC(=O)N3CC(OC(C)(C)C)C3)n2)cn1.Cn1cc(Nc2nccc(-c3ccc4c(c3)CCCC[C@H]4CC(=O)N3CC(OC(C)(C)C)C3)n2)cn1. The zero-order valence-electron chi connectivity index (χ0n) is 65.1. The molecule has 15 rings (SSSR count). The van der Waals surface area contributed by atoms with Crippen LogP contribution in [0.1, 0.15) is 190 Å². The molecule has 0 saturated carbocycles. The predicted molar refractivity (Wildman–Crippen MR) is 420 cm³/mol. The molecule has 3 N–H and O–H groups in total. The van der Waals surface area contributed by atoms with Crippen LogP contribution >= 0.6 is 0 Å². The zero-order chi connectivity index (χ0) is 75.9. The molecule has 1 unspecified atom stereocenters. The van der Waals surface area contributed by atoms with Crippen molar-refractivity contribution in [3.05, 3.63) is 162 Å². The summed E-state index contributed by atoms with van der Waals surface area (Å²) in [6.07, 6.45) is 31.5. The van der Waals surface area contributed by atoms with Crippen LogP contribution in [-0.2, 0) is 69.0 Å². The molecule has 0 spiro atoms. The fourth-order valence-electron chi connectivity index (χ4n) is 15.6. The van der Waals surface area contributed by atoms with E-state index >= 15 is 0 Å². The third-order valence-corrected chi connectivity index (χ3v) is 20.7. The molecule has 570 valence electrons. The summed E-state index contributed by atoms with van der Waals surface area (Å²) in [4.78, 5) is 72.3. The van der Waals surface area contributed by atoms with Crippen LogP contribution in [0.2, 0.25) is 0 Å². The number of benzene rings is 3. The number of carbonyl (C=O) groups is 3. The summed E-state index contributed by atoms with van der Waals surface area (Å²) < 4.78 is 23.2. The first-order valence-electron chi connectivity index (χ1n) is 38.7. The highest BCUT2D eigenvalue weighted by atomic mass is 16.5. The van der Waals surface area contributed by atoms with Gasteiger partial charge in [-0.25, -0.2) is 29.9 Å². The van der Waals surface area contributed by atoms with Gasteiger partial charge in [0.05, 0.1) is 87.8 Å². The molecule has 3 aromatic carbocycles. The van der Waals surface area contributed by atoms with Gasteiger partial charge in [-0.2, -0.15) is 15.3 Å². The van der Waals surface area contributed by atoms with Crippen molar-refractivity contribution >= 4 is 52.6 Å². The van der Waals surface area contributed by atoms with Crippen LogP contribution in [-0.4, -0.2) is 166 Å². The van der Waals surface area contributed by atoms with Gasteiger partial charge in [0.25, 0.3) is 0 Å². The molecule has 6 aromatic heterocycles. The summed E-state index contributed by atoms with van der Waals surface area (Å²) in [5, 5.41) is 22.2. The average Bonchev–Trinajstić information content (AvgIpc) is 1.41. The second-order valence-corrected chi connectivity index (χ2v) is 33.0. The highest BCUT2D eigenvalue weighted by molar-refractivity contribution is 5.80. The summed E-state index contributed by atoms with van der Waals surface area (Å²) in [5.74, 6) is 3.15. The van der Waals surface area contributed by atoms with Crippen molar-refractivity contribution in [1.82, 2.24) is 73.9 Å². The highest BCUT2D eigenvalue weighted by Gasteiger charge is 2.39. The maximum Gasteiger partial charge on any atom is 0.227 e. The monoisotopic (exact) mass is 1460 g/mol. The number of nitrogens with zero attached hydrogens (tertiary/aromatic N) is 15. The number of hydrogen-bond donors (Lipinski definition) is 3. The molecule has 3 saturated heterocycles. The average molecular weight is 1470 g/mol. The molecule has 3 amide bonds. The van der Waals surface area contributed by atoms with E-state index in [0.29, 0.717) is 76.4 Å². The number of carbonyl (C=O) groups excluding carboxylic acids is 3. The molecule has 3 fully saturated rings. The lowest BCUT2D eigenvalue weighted by Crippen LogP contribution is -2.56. The Morgan fingerprint density at radius 3 is 0.926 bits per heavy atom. The van der Waals surface area contributed by atoms with Crippen LogP contribution < -0.4 is 16.0 Å². The van der Waals surface area contributed by atoms with Crippen molar-refractivity contribution in [2.75, 3.05) is 55.2 Å². The Morgan fingerprint density at radius 1 is 0.398 bits per heavy atom. The van der Waals surface area contributed by atoms with Crippen molar-refractivity contribution in [2.45, 2.75) is 211 Å². The van der Waals surface area contributed by atoms with E-state index in [1.807, 2.05) is 72.6 Å². The molecule has 108 heavy (non-hydrogen) atoms. The third kappa shape index (κ3) is 20.5. The number of aryl methyl sites for hydroxylation is 6. The molecule has 3 atom stereocenters. The van der Waals surface area contributed by atoms with Gasteiger partial charge in [0.1, 0.15) is 0 Å². The molecule has 24 heteroatoms. The molecular weight excluding hydrogens is 1360 g/mol. The van der Waals surface area contributed by atoms with Gasteiger partial charge < -0.3 is 44.9 Å². The largest absolute Gasteiger partial charge is 0.369 e.